The first-order valence-electron chi connectivity index (χ1n) is 41.6. The minimum Gasteiger partial charge on any atom is -0.462 e. The van der Waals surface area contributed by atoms with E-state index in [2.05, 4.69) is 34.6 Å². The smallest absolute Gasteiger partial charge is 0.462 e. The van der Waals surface area contributed by atoms with Crippen LogP contribution in [0, 0.1) is 5.92 Å². The van der Waals surface area contributed by atoms with Crippen molar-refractivity contribution in [3.63, 3.8) is 0 Å². The first kappa shape index (κ1) is 97.1. The summed E-state index contributed by atoms with van der Waals surface area (Å²) in [6.45, 7) is 7.35. The lowest BCUT2D eigenvalue weighted by Crippen LogP contribution is -2.30. The van der Waals surface area contributed by atoms with Crippen molar-refractivity contribution in [3.05, 3.63) is 0 Å². The lowest BCUT2D eigenvalue weighted by Gasteiger charge is -2.21. The number of phosphoric acid groups is 2. The summed E-state index contributed by atoms with van der Waals surface area (Å²) in [6, 6.07) is 0. The third-order valence-corrected chi connectivity index (χ3v) is 20.7. The lowest BCUT2D eigenvalue weighted by atomic mass is 10.0. The zero-order valence-corrected chi connectivity index (χ0v) is 66.4. The lowest BCUT2D eigenvalue weighted by molar-refractivity contribution is -0.161. The fourth-order valence-corrected chi connectivity index (χ4v) is 14.0. The van der Waals surface area contributed by atoms with Crippen molar-refractivity contribution < 1.29 is 80.2 Å². The molecule has 17 nitrogen and oxygen atoms in total. The van der Waals surface area contributed by atoms with Crippen molar-refractivity contribution in [3.8, 4) is 0 Å². The van der Waals surface area contributed by atoms with Crippen LogP contribution >= 0.6 is 15.6 Å². The molecule has 0 aromatic rings. The average Bonchev–Trinajstić information content (AvgIpc) is 1.02. The molecule has 0 rings (SSSR count). The van der Waals surface area contributed by atoms with Gasteiger partial charge in [0.25, 0.3) is 0 Å². The van der Waals surface area contributed by atoms with Gasteiger partial charge in [0.05, 0.1) is 26.4 Å². The Labute approximate surface area is 607 Å². The van der Waals surface area contributed by atoms with E-state index in [1.807, 2.05) is 0 Å². The molecule has 0 saturated carbocycles. The van der Waals surface area contributed by atoms with E-state index in [1.165, 1.54) is 250 Å². The maximum absolute atomic E-state index is 13.1. The van der Waals surface area contributed by atoms with E-state index >= 15 is 0 Å². The van der Waals surface area contributed by atoms with Crippen LogP contribution in [0.4, 0.5) is 0 Å². The SMILES string of the molecule is CCCCCCCCCCCCCCCCCCC(=O)OC[C@H](COP(=O)(O)OC[C@@H](O)COP(=O)(O)OC[C@@H](COC(=O)CCCCCCCCCCCC)OC(=O)CCCCCCCCCCCCCC)OC(=O)CCCCCCCCCCCCCCCCCCCCC(C)C. The summed E-state index contributed by atoms with van der Waals surface area (Å²) in [5.74, 6) is -1.29. The van der Waals surface area contributed by atoms with Gasteiger partial charge in [-0.3, -0.25) is 37.3 Å². The summed E-state index contributed by atoms with van der Waals surface area (Å²) in [5, 5.41) is 10.6. The first-order valence-corrected chi connectivity index (χ1v) is 44.6. The molecule has 0 aliphatic rings. The average molecular weight is 1450 g/mol. The Morgan fingerprint density at radius 3 is 0.687 bits per heavy atom. The number of rotatable bonds is 80. The van der Waals surface area contributed by atoms with Crippen LogP contribution in [-0.2, 0) is 65.4 Å². The van der Waals surface area contributed by atoms with Crippen LogP contribution in [0.5, 0.6) is 0 Å². The number of unbranched alkanes of at least 4 members (excludes halogenated alkanes) is 52. The van der Waals surface area contributed by atoms with Crippen molar-refractivity contribution in [2.45, 2.75) is 445 Å². The number of carbonyl (C=O) groups is 4. The van der Waals surface area contributed by atoms with Crippen LogP contribution in [0.15, 0.2) is 0 Å². The third-order valence-electron chi connectivity index (χ3n) is 18.8. The Bertz CT molecular complexity index is 1890. The molecule has 0 saturated heterocycles. The molecule has 588 valence electrons. The Morgan fingerprint density at radius 1 is 0.273 bits per heavy atom. The Hall–Kier alpha value is -1.94. The first-order chi connectivity index (χ1) is 48.0. The van der Waals surface area contributed by atoms with Gasteiger partial charge in [0, 0.05) is 25.7 Å². The van der Waals surface area contributed by atoms with Crippen molar-refractivity contribution in [1.29, 1.82) is 0 Å². The van der Waals surface area contributed by atoms with Gasteiger partial charge in [0.2, 0.25) is 0 Å². The van der Waals surface area contributed by atoms with Crippen LogP contribution in [0.25, 0.3) is 0 Å². The van der Waals surface area contributed by atoms with Gasteiger partial charge in [-0.05, 0) is 31.6 Å². The number of phosphoric ester groups is 2. The van der Waals surface area contributed by atoms with Gasteiger partial charge >= 0.3 is 39.5 Å². The van der Waals surface area contributed by atoms with E-state index in [-0.39, 0.29) is 25.7 Å². The number of esters is 4. The second-order valence-corrected chi connectivity index (χ2v) is 32.2. The number of carbonyl (C=O) groups excluding carboxylic acids is 4. The van der Waals surface area contributed by atoms with E-state index in [4.69, 9.17) is 37.0 Å². The Balaban J connectivity index is 5.21. The minimum atomic E-state index is -4.96. The molecule has 3 N–H and O–H groups in total. The second kappa shape index (κ2) is 73.0. The van der Waals surface area contributed by atoms with E-state index in [1.54, 1.807) is 0 Å². The van der Waals surface area contributed by atoms with Crippen LogP contribution in [0.3, 0.4) is 0 Å². The molecule has 0 fully saturated rings. The number of aliphatic hydroxyl groups excluding tert-OH is 1. The maximum Gasteiger partial charge on any atom is 0.472 e. The molecule has 99 heavy (non-hydrogen) atoms. The van der Waals surface area contributed by atoms with Gasteiger partial charge < -0.3 is 33.8 Å². The summed E-state index contributed by atoms with van der Waals surface area (Å²) in [7, 11) is -9.91. The molecule has 5 atom stereocenters. The fraction of sp³-hybridized carbons (Fsp3) is 0.950. The maximum atomic E-state index is 13.1. The fourth-order valence-electron chi connectivity index (χ4n) is 12.4. The molecule has 0 aromatic carbocycles. The van der Waals surface area contributed by atoms with Crippen molar-refractivity contribution >= 4 is 39.5 Å². The van der Waals surface area contributed by atoms with Crippen molar-refractivity contribution in [2.24, 2.45) is 5.92 Å². The van der Waals surface area contributed by atoms with Crippen LogP contribution in [0.2, 0.25) is 0 Å². The molecule has 0 heterocycles. The highest BCUT2D eigenvalue weighted by atomic mass is 31.2. The third kappa shape index (κ3) is 74.1. The van der Waals surface area contributed by atoms with Gasteiger partial charge in [-0.25, -0.2) is 9.13 Å². The summed E-state index contributed by atoms with van der Waals surface area (Å²) >= 11 is 0. The summed E-state index contributed by atoms with van der Waals surface area (Å²) in [5.41, 5.74) is 0. The molecule has 0 aliphatic heterocycles. The minimum absolute atomic E-state index is 0.108. The zero-order valence-electron chi connectivity index (χ0n) is 64.6. The van der Waals surface area contributed by atoms with Crippen molar-refractivity contribution in [1.82, 2.24) is 0 Å². The monoisotopic (exact) mass is 1450 g/mol. The van der Waals surface area contributed by atoms with Crippen LogP contribution in [-0.4, -0.2) is 96.7 Å². The van der Waals surface area contributed by atoms with E-state index in [0.717, 1.165) is 95.8 Å². The highest BCUT2D eigenvalue weighted by Crippen LogP contribution is 2.45. The van der Waals surface area contributed by atoms with E-state index in [9.17, 15) is 43.2 Å². The number of aliphatic hydroxyl groups is 1. The van der Waals surface area contributed by atoms with E-state index < -0.39 is 97.5 Å². The molecule has 0 amide bonds. The van der Waals surface area contributed by atoms with Gasteiger partial charge in [-0.15, -0.1) is 0 Å². The van der Waals surface area contributed by atoms with Gasteiger partial charge in [-0.2, -0.15) is 0 Å². The number of hydrogen-bond acceptors (Lipinski definition) is 15. The topological polar surface area (TPSA) is 237 Å². The van der Waals surface area contributed by atoms with Gasteiger partial charge in [-0.1, -0.05) is 375 Å². The molecule has 19 heteroatoms. The quantitative estimate of drug-likeness (QED) is 0.0222. The molecule has 0 aromatic heterocycles. The van der Waals surface area contributed by atoms with E-state index in [0.29, 0.717) is 25.7 Å². The normalized spacial score (nSPS) is 13.9. The summed E-state index contributed by atoms with van der Waals surface area (Å²) < 4.78 is 68.6. The molecule has 2 unspecified atom stereocenters. The zero-order chi connectivity index (χ0) is 72.7. The van der Waals surface area contributed by atoms with Crippen molar-refractivity contribution in [2.75, 3.05) is 39.6 Å². The second-order valence-electron chi connectivity index (χ2n) is 29.3. The Morgan fingerprint density at radius 2 is 0.465 bits per heavy atom. The molecular weight excluding hydrogens is 1290 g/mol. The summed E-state index contributed by atoms with van der Waals surface area (Å²) in [6.07, 6.45) is 63.8. The van der Waals surface area contributed by atoms with Crippen LogP contribution < -0.4 is 0 Å². The Kier molecular flexibility index (Phi) is 71.6. The highest BCUT2D eigenvalue weighted by Gasteiger charge is 2.30. The predicted octanol–water partition coefficient (Wildman–Crippen LogP) is 24.0. The number of ether oxygens (including phenoxy) is 4. The number of hydrogen-bond donors (Lipinski definition) is 3. The predicted molar refractivity (Wildman–Crippen MR) is 405 cm³/mol. The highest BCUT2D eigenvalue weighted by molar-refractivity contribution is 7.47. The largest absolute Gasteiger partial charge is 0.472 e. The standard InChI is InChI=1S/C80H156O17P2/c1-6-9-12-15-18-21-24-26-27-33-36-40-44-49-54-59-64-78(83)91-70-76(97-80(85)66-61-56-51-46-41-37-34-31-29-28-30-32-35-38-42-47-52-57-62-73(4)5)72-95-99(88,89)93-68-74(81)67-92-98(86,87)94-71-75(69-90-77(82)63-58-53-48-43-23-20-17-14-11-8-3)96-79(84)65-60-55-50-45-39-25-22-19-16-13-10-7-2/h73-76,81H,6-72H2,1-5H3,(H,86,87)(H,88,89)/t74-,75+,76+/m0/s1. The molecule has 0 spiro atoms. The van der Waals surface area contributed by atoms with Crippen LogP contribution in [0.1, 0.15) is 426 Å². The van der Waals surface area contributed by atoms with Gasteiger partial charge in [0.1, 0.15) is 19.3 Å². The summed E-state index contributed by atoms with van der Waals surface area (Å²) in [4.78, 5) is 72.9. The molecular formula is C80H156O17P2. The molecule has 0 aliphatic carbocycles. The molecule has 0 bridgehead atoms. The van der Waals surface area contributed by atoms with Gasteiger partial charge in [0.15, 0.2) is 12.2 Å². The molecule has 0 radical (unpaired) electrons.